The molecule has 2 saturated carbocycles. The third kappa shape index (κ3) is 11.1. The van der Waals surface area contributed by atoms with Crippen LogP contribution in [0.2, 0.25) is 0 Å². The molecule has 0 heterocycles. The van der Waals surface area contributed by atoms with E-state index < -0.39 is 0 Å². The van der Waals surface area contributed by atoms with Crippen LogP contribution in [0.5, 0.6) is 0 Å². The molecule has 0 spiro atoms. The van der Waals surface area contributed by atoms with Crippen molar-refractivity contribution in [2.45, 2.75) is 192 Å². The highest BCUT2D eigenvalue weighted by Gasteiger charge is 2.42. The van der Waals surface area contributed by atoms with Crippen LogP contribution in [-0.4, -0.2) is 11.2 Å². The minimum atomic E-state index is 0.236. The first-order valence-corrected chi connectivity index (χ1v) is 14.9. The Hall–Kier alpha value is -0.0400. The first-order chi connectivity index (χ1) is 15.2. The van der Waals surface area contributed by atoms with E-state index in [4.69, 9.17) is 4.74 Å². The molecule has 2 rings (SSSR count). The molecule has 0 aromatic carbocycles. The Morgan fingerprint density at radius 3 is 1.10 bits per heavy atom. The Labute approximate surface area is 196 Å². The molecule has 0 unspecified atom stereocenters. The summed E-state index contributed by atoms with van der Waals surface area (Å²) in [5.41, 5.74) is 0.472. The van der Waals surface area contributed by atoms with Gasteiger partial charge in [0.25, 0.3) is 0 Å². The summed E-state index contributed by atoms with van der Waals surface area (Å²) in [4.78, 5) is 0. The van der Waals surface area contributed by atoms with Gasteiger partial charge in [0.05, 0.1) is 11.2 Å². The van der Waals surface area contributed by atoms with E-state index in [0.717, 1.165) is 0 Å². The number of ether oxygens (including phenoxy) is 1. The van der Waals surface area contributed by atoms with Crippen LogP contribution in [-0.2, 0) is 4.74 Å². The second-order valence-electron chi connectivity index (χ2n) is 11.3. The Morgan fingerprint density at radius 2 is 0.742 bits per heavy atom. The number of rotatable bonds is 18. The molecule has 0 N–H and O–H groups in total. The maximum atomic E-state index is 7.40. The normalized spacial score (nSPS) is 20.7. The molecule has 2 aliphatic carbocycles. The summed E-state index contributed by atoms with van der Waals surface area (Å²) in [6.45, 7) is 4.63. The van der Waals surface area contributed by atoms with Gasteiger partial charge in [-0.15, -0.1) is 0 Å². The van der Waals surface area contributed by atoms with Crippen LogP contribution in [0.3, 0.4) is 0 Å². The molecule has 0 aliphatic heterocycles. The van der Waals surface area contributed by atoms with Crippen LogP contribution in [0, 0.1) is 0 Å². The lowest BCUT2D eigenvalue weighted by Crippen LogP contribution is -2.47. The van der Waals surface area contributed by atoms with E-state index >= 15 is 0 Å². The predicted molar refractivity (Wildman–Crippen MR) is 138 cm³/mol. The molecule has 2 fully saturated rings. The first-order valence-electron chi connectivity index (χ1n) is 14.9. The van der Waals surface area contributed by atoms with Crippen molar-refractivity contribution in [3.8, 4) is 0 Å². The standard InChI is InChI=1S/C30H58O/c1-3-5-7-9-11-13-17-23-29(25-19-15-20-26-29)31-30(27-21-16-22-28-30)24-18-14-12-10-8-6-4-2/h3-28H2,1-2H3. The highest BCUT2D eigenvalue weighted by Crippen LogP contribution is 2.45. The number of unbranched alkanes of at least 4 members (excludes halogenated alkanes) is 12. The van der Waals surface area contributed by atoms with Crippen LogP contribution >= 0.6 is 0 Å². The number of hydrogen-bond acceptors (Lipinski definition) is 1. The lowest BCUT2D eigenvalue weighted by molar-refractivity contribution is -0.192. The minimum Gasteiger partial charge on any atom is -0.369 e. The van der Waals surface area contributed by atoms with Crippen LogP contribution < -0.4 is 0 Å². The zero-order valence-corrected chi connectivity index (χ0v) is 21.8. The quantitative estimate of drug-likeness (QED) is 0.195. The van der Waals surface area contributed by atoms with Gasteiger partial charge < -0.3 is 4.74 Å². The van der Waals surface area contributed by atoms with Crippen LogP contribution in [0.4, 0.5) is 0 Å². The van der Waals surface area contributed by atoms with Gasteiger partial charge in [-0.25, -0.2) is 0 Å². The Kier molecular flexibility index (Phi) is 14.5. The van der Waals surface area contributed by atoms with E-state index in [0.29, 0.717) is 0 Å². The van der Waals surface area contributed by atoms with Gasteiger partial charge in [-0.1, -0.05) is 142 Å². The third-order valence-electron chi connectivity index (χ3n) is 8.43. The molecule has 0 amide bonds. The third-order valence-corrected chi connectivity index (χ3v) is 8.43. The van der Waals surface area contributed by atoms with Gasteiger partial charge in [0, 0.05) is 0 Å². The van der Waals surface area contributed by atoms with Gasteiger partial charge >= 0.3 is 0 Å². The number of hydrogen-bond donors (Lipinski definition) is 0. The zero-order valence-electron chi connectivity index (χ0n) is 21.8. The highest BCUT2D eigenvalue weighted by molar-refractivity contribution is 4.93. The molecule has 2 aliphatic rings. The van der Waals surface area contributed by atoms with Crippen LogP contribution in [0.25, 0.3) is 0 Å². The molecule has 0 radical (unpaired) electrons. The minimum absolute atomic E-state index is 0.236. The molecule has 0 aromatic rings. The Morgan fingerprint density at radius 1 is 0.419 bits per heavy atom. The summed E-state index contributed by atoms with van der Waals surface area (Å²) in [7, 11) is 0. The highest BCUT2D eigenvalue weighted by atomic mass is 16.5. The first kappa shape index (κ1) is 27.2. The summed E-state index contributed by atoms with van der Waals surface area (Å²) >= 11 is 0. The summed E-state index contributed by atoms with van der Waals surface area (Å²) < 4.78 is 7.40. The van der Waals surface area contributed by atoms with Gasteiger partial charge in [0.15, 0.2) is 0 Å². The van der Waals surface area contributed by atoms with Crippen molar-refractivity contribution in [2.75, 3.05) is 0 Å². The average molecular weight is 435 g/mol. The topological polar surface area (TPSA) is 9.23 Å². The largest absolute Gasteiger partial charge is 0.369 e. The molecule has 31 heavy (non-hydrogen) atoms. The van der Waals surface area contributed by atoms with Crippen LogP contribution in [0.1, 0.15) is 181 Å². The van der Waals surface area contributed by atoms with E-state index in [1.807, 2.05) is 0 Å². The summed E-state index contributed by atoms with van der Waals surface area (Å²) in [6, 6.07) is 0. The summed E-state index contributed by atoms with van der Waals surface area (Å²) in [5.74, 6) is 0. The maximum absolute atomic E-state index is 7.40. The summed E-state index contributed by atoms with van der Waals surface area (Å²) in [6.07, 6.45) is 36.5. The van der Waals surface area contributed by atoms with Gasteiger partial charge in [0.1, 0.15) is 0 Å². The second-order valence-corrected chi connectivity index (χ2v) is 11.3. The maximum Gasteiger partial charge on any atom is 0.0690 e. The Balaban J connectivity index is 1.82. The van der Waals surface area contributed by atoms with Crippen molar-refractivity contribution in [1.29, 1.82) is 0 Å². The van der Waals surface area contributed by atoms with Crippen molar-refractivity contribution in [1.82, 2.24) is 0 Å². The molecule has 0 atom stereocenters. The lowest BCUT2D eigenvalue weighted by Gasteiger charge is -2.48. The van der Waals surface area contributed by atoms with Gasteiger partial charge in [-0.05, 0) is 38.5 Å². The molecule has 0 bridgehead atoms. The van der Waals surface area contributed by atoms with Crippen molar-refractivity contribution in [2.24, 2.45) is 0 Å². The molecular weight excluding hydrogens is 376 g/mol. The van der Waals surface area contributed by atoms with Crippen molar-refractivity contribution < 1.29 is 4.74 Å². The zero-order chi connectivity index (χ0) is 22.1. The van der Waals surface area contributed by atoms with Crippen molar-refractivity contribution in [3.63, 3.8) is 0 Å². The molecule has 0 aromatic heterocycles. The smallest absolute Gasteiger partial charge is 0.0690 e. The fraction of sp³-hybridized carbons (Fsp3) is 1.00. The monoisotopic (exact) mass is 434 g/mol. The summed E-state index contributed by atoms with van der Waals surface area (Å²) in [5, 5.41) is 0. The van der Waals surface area contributed by atoms with Crippen molar-refractivity contribution >= 4 is 0 Å². The van der Waals surface area contributed by atoms with Crippen LogP contribution in [0.15, 0.2) is 0 Å². The van der Waals surface area contributed by atoms with E-state index in [-0.39, 0.29) is 11.2 Å². The van der Waals surface area contributed by atoms with E-state index in [2.05, 4.69) is 13.8 Å². The fourth-order valence-electron chi connectivity index (χ4n) is 6.47. The van der Waals surface area contributed by atoms with Gasteiger partial charge in [-0.3, -0.25) is 0 Å². The second kappa shape index (κ2) is 16.6. The average Bonchev–Trinajstić information content (AvgIpc) is 2.79. The van der Waals surface area contributed by atoms with E-state index in [9.17, 15) is 0 Å². The lowest BCUT2D eigenvalue weighted by atomic mass is 9.76. The van der Waals surface area contributed by atoms with E-state index in [1.54, 1.807) is 0 Å². The molecule has 1 nitrogen and oxygen atoms in total. The Bertz CT molecular complexity index is 365. The molecule has 1 heteroatoms. The van der Waals surface area contributed by atoms with E-state index in [1.165, 1.54) is 167 Å². The molecule has 0 saturated heterocycles. The SMILES string of the molecule is CCCCCCCCCC1(OC2(CCCCCCCCC)CCCCC2)CCCCC1. The fourth-order valence-corrected chi connectivity index (χ4v) is 6.47. The van der Waals surface area contributed by atoms with Gasteiger partial charge in [-0.2, -0.15) is 0 Å². The van der Waals surface area contributed by atoms with Gasteiger partial charge in [0.2, 0.25) is 0 Å². The molecule has 184 valence electrons. The predicted octanol–water partition coefficient (Wildman–Crippen LogP) is 10.7. The van der Waals surface area contributed by atoms with Crippen molar-refractivity contribution in [3.05, 3.63) is 0 Å². The molecular formula is C30H58O.